The molecule has 1 atom stereocenters. The van der Waals surface area contributed by atoms with E-state index in [1.54, 1.807) is 30.4 Å². The average Bonchev–Trinajstić information content (AvgIpc) is 2.88. The van der Waals surface area contributed by atoms with Gasteiger partial charge in [-0.15, -0.1) is 6.42 Å². The van der Waals surface area contributed by atoms with Crippen LogP contribution in [-0.2, 0) is 15.2 Å². The number of hydrogen-bond acceptors (Lipinski definition) is 3. The largest absolute Gasteiger partial charge is 0.375 e. The quantitative estimate of drug-likeness (QED) is 0.425. The number of carbonyl (C=O) groups excluding carboxylic acids is 2. The molecule has 0 saturated carbocycles. The lowest BCUT2D eigenvalue weighted by molar-refractivity contribution is -0.140. The van der Waals surface area contributed by atoms with E-state index < -0.39 is 11.5 Å². The van der Waals surface area contributed by atoms with Crippen LogP contribution in [0.4, 0.5) is 5.69 Å². The Morgan fingerprint density at radius 3 is 2.68 bits per heavy atom. The number of fused-ring (bicyclic) bond motifs is 1. The lowest BCUT2D eigenvalue weighted by Gasteiger charge is -2.21. The van der Waals surface area contributed by atoms with E-state index in [0.717, 1.165) is 5.56 Å². The van der Waals surface area contributed by atoms with Gasteiger partial charge in [-0.05, 0) is 29.8 Å². The highest BCUT2D eigenvalue weighted by atomic mass is 79.9. The van der Waals surface area contributed by atoms with E-state index in [0.29, 0.717) is 15.7 Å². The molecule has 1 unspecified atom stereocenters. The second-order valence-corrected chi connectivity index (χ2v) is 7.30. The first-order valence-electron chi connectivity index (χ1n) is 8.66. The van der Waals surface area contributed by atoms with Crippen LogP contribution in [0.3, 0.4) is 0 Å². The Morgan fingerprint density at radius 1 is 1.21 bits per heavy atom. The lowest BCUT2D eigenvalue weighted by atomic mass is 9.90. The minimum absolute atomic E-state index is 0.0274. The van der Waals surface area contributed by atoms with E-state index in [9.17, 15) is 14.7 Å². The number of terminal acetylenes is 1. The molecule has 140 valence electrons. The van der Waals surface area contributed by atoms with Crippen molar-refractivity contribution in [1.82, 2.24) is 0 Å². The second-order valence-electron chi connectivity index (χ2n) is 6.39. The summed E-state index contributed by atoms with van der Waals surface area (Å²) in [5.74, 6) is 1.48. The zero-order valence-electron chi connectivity index (χ0n) is 15.0. The van der Waals surface area contributed by atoms with Gasteiger partial charge >= 0.3 is 0 Å². The first kappa shape index (κ1) is 19.8. The van der Waals surface area contributed by atoms with Gasteiger partial charge in [-0.25, -0.2) is 0 Å². The number of anilines is 1. The zero-order valence-corrected chi connectivity index (χ0v) is 16.6. The van der Waals surface area contributed by atoms with Crippen LogP contribution in [0.1, 0.15) is 17.5 Å². The van der Waals surface area contributed by atoms with Crippen molar-refractivity contribution < 1.29 is 14.7 Å². The smallest absolute Gasteiger partial charge is 0.265 e. The number of rotatable bonds is 6. The van der Waals surface area contributed by atoms with Crippen LogP contribution in [0.15, 0.2) is 71.2 Å². The van der Waals surface area contributed by atoms with Gasteiger partial charge < -0.3 is 5.11 Å². The van der Waals surface area contributed by atoms with Crippen molar-refractivity contribution in [2.75, 3.05) is 11.4 Å². The molecule has 28 heavy (non-hydrogen) atoms. The van der Waals surface area contributed by atoms with Crippen LogP contribution in [0, 0.1) is 12.3 Å². The Balaban J connectivity index is 1.79. The summed E-state index contributed by atoms with van der Waals surface area (Å²) in [6.07, 6.45) is 11.6. The standard InChI is InChI=1S/C23H18BrNO3/c1-2-14-25-21-13-12-18(24)15-20(21)23(28,22(25)27)16-19(26)11-7-6-10-17-8-4-3-5-9-17/h1,3-13,15,28H,14,16H2. The third-order valence-corrected chi connectivity index (χ3v) is 4.95. The fraction of sp³-hybridized carbons (Fsp3) is 0.130. The summed E-state index contributed by atoms with van der Waals surface area (Å²) in [6, 6.07) is 14.8. The predicted molar refractivity (Wildman–Crippen MR) is 113 cm³/mol. The first-order chi connectivity index (χ1) is 13.5. The summed E-state index contributed by atoms with van der Waals surface area (Å²) in [5.41, 5.74) is -0.0217. The van der Waals surface area contributed by atoms with E-state index in [4.69, 9.17) is 6.42 Å². The van der Waals surface area contributed by atoms with E-state index in [1.165, 1.54) is 11.0 Å². The maximum Gasteiger partial charge on any atom is 0.265 e. The Morgan fingerprint density at radius 2 is 1.96 bits per heavy atom. The van der Waals surface area contributed by atoms with Gasteiger partial charge in [-0.2, -0.15) is 0 Å². The number of allylic oxidation sites excluding steroid dienone is 3. The molecule has 0 radical (unpaired) electrons. The van der Waals surface area contributed by atoms with Gasteiger partial charge in [-0.1, -0.05) is 70.4 Å². The number of amides is 1. The molecule has 0 saturated heterocycles. The topological polar surface area (TPSA) is 57.6 Å². The van der Waals surface area contributed by atoms with Gasteiger partial charge in [0.05, 0.1) is 18.7 Å². The van der Waals surface area contributed by atoms with Gasteiger partial charge in [0, 0.05) is 10.0 Å². The molecule has 1 heterocycles. The van der Waals surface area contributed by atoms with Gasteiger partial charge in [0.2, 0.25) is 0 Å². The van der Waals surface area contributed by atoms with Crippen LogP contribution >= 0.6 is 15.9 Å². The number of carbonyl (C=O) groups is 2. The zero-order chi connectivity index (χ0) is 20.1. The van der Waals surface area contributed by atoms with Crippen molar-refractivity contribution in [2.24, 2.45) is 0 Å². The van der Waals surface area contributed by atoms with Gasteiger partial charge in [-0.3, -0.25) is 14.5 Å². The molecule has 0 spiro atoms. The van der Waals surface area contributed by atoms with Crippen molar-refractivity contribution in [3.63, 3.8) is 0 Å². The molecule has 2 aromatic carbocycles. The molecular weight excluding hydrogens is 418 g/mol. The van der Waals surface area contributed by atoms with Crippen molar-refractivity contribution in [3.8, 4) is 12.3 Å². The molecule has 2 aromatic rings. The summed E-state index contributed by atoms with van der Waals surface area (Å²) in [7, 11) is 0. The van der Waals surface area contributed by atoms with E-state index in [2.05, 4.69) is 21.9 Å². The van der Waals surface area contributed by atoms with Gasteiger partial charge in [0.15, 0.2) is 11.4 Å². The summed E-state index contributed by atoms with van der Waals surface area (Å²) >= 11 is 3.35. The van der Waals surface area contributed by atoms with Crippen LogP contribution in [0.5, 0.6) is 0 Å². The predicted octanol–water partition coefficient (Wildman–Crippen LogP) is 3.85. The Bertz CT molecular complexity index is 1000. The highest BCUT2D eigenvalue weighted by Gasteiger charge is 2.50. The molecule has 0 bridgehead atoms. The van der Waals surface area contributed by atoms with Gasteiger partial charge in [0.25, 0.3) is 5.91 Å². The highest BCUT2D eigenvalue weighted by Crippen LogP contribution is 2.43. The maximum absolute atomic E-state index is 12.8. The molecule has 4 nitrogen and oxygen atoms in total. The number of nitrogens with zero attached hydrogens (tertiary/aromatic N) is 1. The monoisotopic (exact) mass is 435 g/mol. The van der Waals surface area contributed by atoms with Crippen molar-refractivity contribution in [3.05, 3.63) is 82.4 Å². The minimum Gasteiger partial charge on any atom is -0.375 e. The van der Waals surface area contributed by atoms with Crippen molar-refractivity contribution in [1.29, 1.82) is 0 Å². The molecule has 1 amide bonds. The van der Waals surface area contributed by atoms with E-state index in [-0.39, 0.29) is 18.7 Å². The number of aliphatic hydroxyl groups is 1. The summed E-state index contributed by atoms with van der Waals surface area (Å²) < 4.78 is 0.703. The molecule has 3 rings (SSSR count). The number of benzene rings is 2. The first-order valence-corrected chi connectivity index (χ1v) is 9.45. The molecular formula is C23H18BrNO3. The molecule has 0 aliphatic carbocycles. The maximum atomic E-state index is 12.8. The fourth-order valence-electron chi connectivity index (χ4n) is 3.15. The third kappa shape index (κ3) is 3.99. The van der Waals surface area contributed by atoms with Crippen LogP contribution in [0.25, 0.3) is 6.08 Å². The van der Waals surface area contributed by atoms with Crippen LogP contribution in [0.2, 0.25) is 0 Å². The molecule has 5 heteroatoms. The molecule has 1 aliphatic heterocycles. The van der Waals surface area contributed by atoms with Gasteiger partial charge in [0.1, 0.15) is 0 Å². The van der Waals surface area contributed by atoms with Crippen LogP contribution in [-0.4, -0.2) is 23.3 Å². The second kappa shape index (κ2) is 8.39. The van der Waals surface area contributed by atoms with Crippen LogP contribution < -0.4 is 4.90 Å². The molecule has 0 fully saturated rings. The Hall–Kier alpha value is -2.94. The summed E-state index contributed by atoms with van der Waals surface area (Å²) in [4.78, 5) is 26.6. The summed E-state index contributed by atoms with van der Waals surface area (Å²) in [5, 5.41) is 11.1. The fourth-order valence-corrected chi connectivity index (χ4v) is 3.51. The normalized spacial score (nSPS) is 18.6. The van der Waals surface area contributed by atoms with E-state index in [1.807, 2.05) is 36.4 Å². The molecule has 0 aromatic heterocycles. The number of halogens is 1. The molecule has 1 N–H and O–H groups in total. The Labute approximate surface area is 172 Å². The van der Waals surface area contributed by atoms with Crippen molar-refractivity contribution in [2.45, 2.75) is 12.0 Å². The minimum atomic E-state index is -1.93. The SMILES string of the molecule is C#CCN1C(=O)C(O)(CC(=O)C=CC=Cc2ccccc2)c2cc(Br)ccc21. The number of hydrogen-bond donors (Lipinski definition) is 1. The lowest BCUT2D eigenvalue weighted by Crippen LogP contribution is -2.41. The number of ketones is 1. The third-order valence-electron chi connectivity index (χ3n) is 4.45. The summed E-state index contributed by atoms with van der Waals surface area (Å²) in [6.45, 7) is 0.0274. The van der Waals surface area contributed by atoms with E-state index >= 15 is 0 Å². The Kier molecular flexibility index (Phi) is 5.93. The van der Waals surface area contributed by atoms with Crippen molar-refractivity contribution >= 4 is 39.4 Å². The average molecular weight is 436 g/mol. The highest BCUT2D eigenvalue weighted by molar-refractivity contribution is 9.10. The molecule has 1 aliphatic rings.